The van der Waals surface area contributed by atoms with Gasteiger partial charge in [-0.2, -0.15) is 0 Å². The molecule has 0 bridgehead atoms. The maximum Gasteiger partial charge on any atom is 0.0664 e. The van der Waals surface area contributed by atoms with Gasteiger partial charge in [0.2, 0.25) is 0 Å². The van der Waals surface area contributed by atoms with Crippen molar-refractivity contribution in [1.29, 1.82) is 0 Å². The van der Waals surface area contributed by atoms with E-state index in [1.165, 1.54) is 0 Å². The van der Waals surface area contributed by atoms with Gasteiger partial charge in [-0.15, -0.1) is 0 Å². The molecular formula is C8H20N2O. The number of unbranched alkanes of at least 4 members (excludes halogenated alkanes) is 1. The summed E-state index contributed by atoms with van der Waals surface area (Å²) in [4.78, 5) is 0. The molecule has 2 atom stereocenters. The van der Waals surface area contributed by atoms with Crippen molar-refractivity contribution in [3.05, 3.63) is 0 Å². The molecule has 0 aliphatic heterocycles. The molecule has 0 heterocycles. The van der Waals surface area contributed by atoms with Crippen molar-refractivity contribution >= 4 is 0 Å². The third-order valence-corrected chi connectivity index (χ3v) is 1.92. The molecular weight excluding hydrogens is 140 g/mol. The van der Waals surface area contributed by atoms with Crippen LogP contribution in [0.25, 0.3) is 0 Å². The van der Waals surface area contributed by atoms with E-state index in [0.717, 1.165) is 25.8 Å². The molecule has 3 heteroatoms. The molecule has 0 aliphatic carbocycles. The van der Waals surface area contributed by atoms with Gasteiger partial charge in [0, 0.05) is 6.04 Å². The molecule has 0 aromatic rings. The van der Waals surface area contributed by atoms with E-state index in [-0.39, 0.29) is 12.1 Å². The Morgan fingerprint density at radius 1 is 1.45 bits per heavy atom. The lowest BCUT2D eigenvalue weighted by Crippen LogP contribution is -2.35. The summed E-state index contributed by atoms with van der Waals surface area (Å²) in [5.41, 5.74) is 5.35. The number of aliphatic hydroxyl groups is 1. The van der Waals surface area contributed by atoms with Gasteiger partial charge >= 0.3 is 0 Å². The van der Waals surface area contributed by atoms with Crippen molar-refractivity contribution in [2.75, 3.05) is 13.6 Å². The van der Waals surface area contributed by atoms with Crippen LogP contribution in [-0.4, -0.2) is 30.8 Å². The Morgan fingerprint density at radius 2 is 2.09 bits per heavy atom. The number of nitrogens with two attached hydrogens (primary N) is 1. The summed E-state index contributed by atoms with van der Waals surface area (Å²) >= 11 is 0. The summed E-state index contributed by atoms with van der Waals surface area (Å²) in [6.07, 6.45) is 2.88. The third-order valence-electron chi connectivity index (χ3n) is 1.92. The number of aliphatic hydroxyl groups excluding tert-OH is 1. The molecule has 0 unspecified atom stereocenters. The highest BCUT2D eigenvalue weighted by atomic mass is 16.3. The van der Waals surface area contributed by atoms with E-state index < -0.39 is 0 Å². The van der Waals surface area contributed by atoms with Crippen LogP contribution in [0.15, 0.2) is 0 Å². The summed E-state index contributed by atoms with van der Waals surface area (Å²) in [7, 11) is 1.87. The van der Waals surface area contributed by atoms with Crippen molar-refractivity contribution < 1.29 is 5.11 Å². The van der Waals surface area contributed by atoms with E-state index in [1.807, 2.05) is 14.0 Å². The van der Waals surface area contributed by atoms with E-state index >= 15 is 0 Å². The Hall–Kier alpha value is -0.120. The van der Waals surface area contributed by atoms with Gasteiger partial charge in [-0.1, -0.05) is 6.42 Å². The Kier molecular flexibility index (Phi) is 6.51. The highest BCUT2D eigenvalue weighted by Crippen LogP contribution is 2.03. The molecule has 0 saturated heterocycles. The van der Waals surface area contributed by atoms with Gasteiger partial charge in [0.1, 0.15) is 0 Å². The zero-order valence-electron chi connectivity index (χ0n) is 7.51. The molecule has 0 amide bonds. The molecule has 0 saturated carbocycles. The Balaban J connectivity index is 3.36. The van der Waals surface area contributed by atoms with Gasteiger partial charge < -0.3 is 16.2 Å². The molecule has 0 aromatic carbocycles. The van der Waals surface area contributed by atoms with Gasteiger partial charge in [0.25, 0.3) is 0 Å². The number of hydrogen-bond acceptors (Lipinski definition) is 3. The average Bonchev–Trinajstić information content (AvgIpc) is 1.97. The average molecular weight is 160 g/mol. The normalized spacial score (nSPS) is 16.4. The van der Waals surface area contributed by atoms with Gasteiger partial charge in [0.05, 0.1) is 6.10 Å². The molecule has 0 fully saturated rings. The fourth-order valence-corrected chi connectivity index (χ4v) is 1.14. The van der Waals surface area contributed by atoms with Crippen molar-refractivity contribution in [3.8, 4) is 0 Å². The highest BCUT2D eigenvalue weighted by Gasteiger charge is 2.10. The van der Waals surface area contributed by atoms with Crippen LogP contribution in [0.5, 0.6) is 0 Å². The quantitative estimate of drug-likeness (QED) is 0.482. The predicted molar refractivity (Wildman–Crippen MR) is 47.4 cm³/mol. The molecule has 0 aromatic heterocycles. The minimum atomic E-state index is -0.266. The van der Waals surface area contributed by atoms with Gasteiger partial charge in [0.15, 0.2) is 0 Å². The second-order valence-electron chi connectivity index (χ2n) is 2.92. The summed E-state index contributed by atoms with van der Waals surface area (Å²) in [5.74, 6) is 0. The van der Waals surface area contributed by atoms with E-state index in [0.29, 0.717) is 0 Å². The zero-order chi connectivity index (χ0) is 8.69. The van der Waals surface area contributed by atoms with Gasteiger partial charge in [-0.3, -0.25) is 0 Å². The number of rotatable bonds is 6. The van der Waals surface area contributed by atoms with Crippen LogP contribution in [0.4, 0.5) is 0 Å². The van der Waals surface area contributed by atoms with Crippen LogP contribution in [0, 0.1) is 0 Å². The fourth-order valence-electron chi connectivity index (χ4n) is 1.14. The Morgan fingerprint density at radius 3 is 2.45 bits per heavy atom. The molecule has 11 heavy (non-hydrogen) atoms. The van der Waals surface area contributed by atoms with Crippen molar-refractivity contribution in [2.45, 2.75) is 38.3 Å². The maximum atomic E-state index is 9.22. The minimum Gasteiger partial charge on any atom is -0.392 e. The van der Waals surface area contributed by atoms with Crippen LogP contribution < -0.4 is 11.1 Å². The second-order valence-corrected chi connectivity index (χ2v) is 2.92. The van der Waals surface area contributed by atoms with Gasteiger partial charge in [-0.25, -0.2) is 0 Å². The van der Waals surface area contributed by atoms with Gasteiger partial charge in [-0.05, 0) is 33.4 Å². The monoisotopic (exact) mass is 160 g/mol. The first-order valence-corrected chi connectivity index (χ1v) is 4.27. The maximum absolute atomic E-state index is 9.22. The van der Waals surface area contributed by atoms with E-state index in [2.05, 4.69) is 5.32 Å². The lowest BCUT2D eigenvalue weighted by molar-refractivity contribution is 0.143. The number of nitrogens with one attached hydrogen (secondary N) is 1. The van der Waals surface area contributed by atoms with Crippen LogP contribution in [0.1, 0.15) is 26.2 Å². The van der Waals surface area contributed by atoms with Crippen molar-refractivity contribution in [2.24, 2.45) is 5.73 Å². The van der Waals surface area contributed by atoms with E-state index in [4.69, 9.17) is 5.73 Å². The standard InChI is InChI=1S/C8H20N2O/c1-7(11)8(10-2)5-3-4-6-9/h7-8,10-11H,3-6,9H2,1-2H3/t7-,8-/m1/s1. The first-order valence-electron chi connectivity index (χ1n) is 4.27. The lowest BCUT2D eigenvalue weighted by atomic mass is 10.1. The molecule has 3 nitrogen and oxygen atoms in total. The summed E-state index contributed by atoms with van der Waals surface area (Å²) in [6.45, 7) is 2.56. The first-order chi connectivity index (χ1) is 5.22. The molecule has 0 aliphatic rings. The minimum absolute atomic E-state index is 0.224. The smallest absolute Gasteiger partial charge is 0.0664 e. The Labute approximate surface area is 69.0 Å². The van der Waals surface area contributed by atoms with Crippen LogP contribution in [-0.2, 0) is 0 Å². The number of likely N-dealkylation sites (N-methyl/N-ethyl adjacent to an activating group) is 1. The second kappa shape index (κ2) is 6.58. The summed E-state index contributed by atoms with van der Waals surface area (Å²) in [6, 6.07) is 0.224. The predicted octanol–water partition coefficient (Wildman–Crippen LogP) is 0.0842. The molecule has 4 N–H and O–H groups in total. The Bertz CT molecular complexity index is 86.2. The fraction of sp³-hybridized carbons (Fsp3) is 1.00. The topological polar surface area (TPSA) is 58.3 Å². The van der Waals surface area contributed by atoms with Crippen LogP contribution in [0.3, 0.4) is 0 Å². The van der Waals surface area contributed by atoms with E-state index in [9.17, 15) is 5.11 Å². The number of hydrogen-bond donors (Lipinski definition) is 3. The van der Waals surface area contributed by atoms with Crippen molar-refractivity contribution in [3.63, 3.8) is 0 Å². The SMILES string of the molecule is CN[C@H](CCCCN)[C@@H](C)O. The van der Waals surface area contributed by atoms with Crippen LogP contribution >= 0.6 is 0 Å². The summed E-state index contributed by atoms with van der Waals surface area (Å²) < 4.78 is 0. The largest absolute Gasteiger partial charge is 0.392 e. The molecule has 0 radical (unpaired) electrons. The molecule has 68 valence electrons. The molecule has 0 rings (SSSR count). The highest BCUT2D eigenvalue weighted by molar-refractivity contribution is 4.69. The molecule has 0 spiro atoms. The summed E-state index contributed by atoms with van der Waals surface area (Å²) in [5, 5.41) is 12.3. The lowest BCUT2D eigenvalue weighted by Gasteiger charge is -2.18. The zero-order valence-corrected chi connectivity index (χ0v) is 7.51. The van der Waals surface area contributed by atoms with Crippen LogP contribution in [0.2, 0.25) is 0 Å². The first kappa shape index (κ1) is 10.9. The van der Waals surface area contributed by atoms with Crippen molar-refractivity contribution in [1.82, 2.24) is 5.32 Å². The van der Waals surface area contributed by atoms with E-state index in [1.54, 1.807) is 0 Å². The third kappa shape index (κ3) is 5.18.